The molecule has 1 fully saturated rings. The van der Waals surface area contributed by atoms with E-state index in [-0.39, 0.29) is 12.1 Å². The van der Waals surface area contributed by atoms with Crippen LogP contribution < -0.4 is 10.7 Å². The van der Waals surface area contributed by atoms with Crippen molar-refractivity contribution in [2.75, 3.05) is 0 Å². The number of hydrazine groups is 1. The van der Waals surface area contributed by atoms with Gasteiger partial charge >= 0.3 is 6.03 Å². The molecule has 0 radical (unpaired) electrons. The molecule has 0 spiro atoms. The van der Waals surface area contributed by atoms with Crippen LogP contribution in [0.2, 0.25) is 0 Å². The molecule has 1 unspecified atom stereocenters. The molecule has 3 aliphatic rings. The first kappa shape index (κ1) is 13.0. The molecule has 6 nitrogen and oxygen atoms in total. The molecule has 2 amide bonds. The minimum absolute atomic E-state index is 0.0922. The molecule has 1 atom stereocenters. The maximum atomic E-state index is 12.3. The molecule has 2 aromatic rings. The van der Waals surface area contributed by atoms with Crippen LogP contribution in [0.3, 0.4) is 0 Å². The fourth-order valence-electron chi connectivity index (χ4n) is 3.49. The quantitative estimate of drug-likeness (QED) is 0.797. The molecule has 1 aromatic carbocycles. The molecule has 118 valence electrons. The highest BCUT2D eigenvalue weighted by Crippen LogP contribution is 2.29. The second-order valence-electron chi connectivity index (χ2n) is 6.64. The van der Waals surface area contributed by atoms with Gasteiger partial charge in [0, 0.05) is 12.2 Å². The Labute approximate surface area is 133 Å². The SMILES string of the molecule is O=C(NC1CC1)N1NC=CC1c1nc2cc3c(cc2[nH]1)CCC3. The van der Waals surface area contributed by atoms with Gasteiger partial charge in [-0.25, -0.2) is 14.8 Å². The van der Waals surface area contributed by atoms with Gasteiger partial charge in [-0.3, -0.25) is 0 Å². The standard InChI is InChI=1S/C17H19N5O/c23-17(19-12-4-5-12)22-15(6-7-18-22)16-20-13-8-10-2-1-3-11(10)9-14(13)21-16/h6-9,12,15,18H,1-5H2,(H,19,23)(H,20,21). The minimum atomic E-state index is -0.198. The zero-order valence-corrected chi connectivity index (χ0v) is 12.8. The second kappa shape index (κ2) is 4.75. The molecule has 0 bridgehead atoms. The molecule has 6 heteroatoms. The normalized spacial score (nSPS) is 22.4. The molecular weight excluding hydrogens is 290 g/mol. The van der Waals surface area contributed by atoms with Gasteiger partial charge in [0.2, 0.25) is 0 Å². The molecule has 2 aliphatic carbocycles. The summed E-state index contributed by atoms with van der Waals surface area (Å²) in [6.45, 7) is 0. The second-order valence-corrected chi connectivity index (χ2v) is 6.64. The number of fused-ring (bicyclic) bond motifs is 2. The van der Waals surface area contributed by atoms with Gasteiger partial charge in [0.15, 0.2) is 0 Å². The van der Waals surface area contributed by atoms with Gasteiger partial charge in [-0.05, 0) is 61.4 Å². The average molecular weight is 309 g/mol. The van der Waals surface area contributed by atoms with Crippen molar-refractivity contribution < 1.29 is 4.79 Å². The van der Waals surface area contributed by atoms with E-state index in [0.717, 1.165) is 42.5 Å². The van der Waals surface area contributed by atoms with E-state index in [4.69, 9.17) is 4.98 Å². The maximum Gasteiger partial charge on any atom is 0.337 e. The molecule has 1 saturated carbocycles. The van der Waals surface area contributed by atoms with Gasteiger partial charge in [0.25, 0.3) is 0 Å². The summed E-state index contributed by atoms with van der Waals surface area (Å²) in [5, 5.41) is 4.61. The summed E-state index contributed by atoms with van der Waals surface area (Å²) in [6, 6.07) is 4.46. The highest BCUT2D eigenvalue weighted by Gasteiger charge is 2.32. The van der Waals surface area contributed by atoms with Crippen molar-refractivity contribution in [2.24, 2.45) is 0 Å². The average Bonchev–Trinajstić information content (AvgIpc) is 2.97. The summed E-state index contributed by atoms with van der Waals surface area (Å²) >= 11 is 0. The Morgan fingerprint density at radius 3 is 2.91 bits per heavy atom. The van der Waals surface area contributed by atoms with Gasteiger partial charge in [-0.1, -0.05) is 0 Å². The zero-order chi connectivity index (χ0) is 15.4. The molecule has 2 heterocycles. The van der Waals surface area contributed by atoms with Crippen LogP contribution in [0, 0.1) is 0 Å². The molecule has 0 saturated heterocycles. The summed E-state index contributed by atoms with van der Waals surface area (Å²) in [5.74, 6) is 0.802. The first-order valence-corrected chi connectivity index (χ1v) is 8.32. The van der Waals surface area contributed by atoms with Gasteiger partial charge in [0.1, 0.15) is 11.9 Å². The number of nitrogens with one attached hydrogen (secondary N) is 3. The molecule has 23 heavy (non-hydrogen) atoms. The number of carbonyl (C=O) groups is 1. The van der Waals surface area contributed by atoms with Crippen LogP contribution in [0.4, 0.5) is 4.79 Å². The number of H-pyrrole nitrogens is 1. The molecule has 5 rings (SSSR count). The van der Waals surface area contributed by atoms with E-state index in [1.807, 2.05) is 6.08 Å². The lowest BCUT2D eigenvalue weighted by Gasteiger charge is -2.23. The highest BCUT2D eigenvalue weighted by atomic mass is 16.2. The van der Waals surface area contributed by atoms with E-state index >= 15 is 0 Å². The number of aromatic amines is 1. The smallest absolute Gasteiger partial charge is 0.337 e. The monoisotopic (exact) mass is 309 g/mol. The summed E-state index contributed by atoms with van der Waals surface area (Å²) < 4.78 is 0. The van der Waals surface area contributed by atoms with Crippen LogP contribution in [0.25, 0.3) is 11.0 Å². The fourth-order valence-corrected chi connectivity index (χ4v) is 3.49. The van der Waals surface area contributed by atoms with Gasteiger partial charge in [-0.15, -0.1) is 0 Å². The Balaban J connectivity index is 1.46. The van der Waals surface area contributed by atoms with Crippen molar-refractivity contribution >= 4 is 17.1 Å². The van der Waals surface area contributed by atoms with E-state index in [0.29, 0.717) is 6.04 Å². The lowest BCUT2D eigenvalue weighted by molar-refractivity contribution is 0.172. The number of benzene rings is 1. The van der Waals surface area contributed by atoms with Crippen LogP contribution >= 0.6 is 0 Å². The Kier molecular flexibility index (Phi) is 2.68. The summed E-state index contributed by atoms with van der Waals surface area (Å²) in [7, 11) is 0. The number of imidazole rings is 1. The Bertz CT molecular complexity index is 779. The van der Waals surface area contributed by atoms with Crippen molar-refractivity contribution in [3.8, 4) is 0 Å². The number of carbonyl (C=O) groups excluding carboxylic acids is 1. The fraction of sp³-hybridized carbons (Fsp3) is 0.412. The van der Waals surface area contributed by atoms with E-state index in [1.54, 1.807) is 11.2 Å². The Morgan fingerprint density at radius 2 is 2.09 bits per heavy atom. The lowest BCUT2D eigenvalue weighted by Crippen LogP contribution is -2.46. The third-order valence-corrected chi connectivity index (χ3v) is 4.89. The minimum Gasteiger partial charge on any atom is -0.340 e. The number of aromatic nitrogens is 2. The number of rotatable bonds is 2. The lowest BCUT2D eigenvalue weighted by atomic mass is 10.1. The van der Waals surface area contributed by atoms with E-state index < -0.39 is 0 Å². The van der Waals surface area contributed by atoms with E-state index in [1.165, 1.54) is 17.5 Å². The van der Waals surface area contributed by atoms with Crippen molar-refractivity contribution in [1.29, 1.82) is 0 Å². The predicted octanol–water partition coefficient (Wildman–Crippen LogP) is 2.30. The first-order chi connectivity index (χ1) is 11.3. The number of hydrogen-bond acceptors (Lipinski definition) is 3. The van der Waals surface area contributed by atoms with E-state index in [2.05, 4.69) is 27.9 Å². The van der Waals surface area contributed by atoms with Crippen molar-refractivity contribution in [2.45, 2.75) is 44.2 Å². The summed E-state index contributed by atoms with van der Waals surface area (Å²) in [4.78, 5) is 20.5. The zero-order valence-electron chi connectivity index (χ0n) is 12.8. The summed E-state index contributed by atoms with van der Waals surface area (Å²) in [5.41, 5.74) is 7.90. The first-order valence-electron chi connectivity index (χ1n) is 8.32. The number of amides is 2. The number of aryl methyl sites for hydroxylation is 2. The van der Waals surface area contributed by atoms with Crippen molar-refractivity contribution in [1.82, 2.24) is 25.7 Å². The Hall–Kier alpha value is -2.50. The number of hydrogen-bond donors (Lipinski definition) is 3. The van der Waals surface area contributed by atoms with Gasteiger partial charge < -0.3 is 15.7 Å². The molecule has 3 N–H and O–H groups in total. The number of urea groups is 1. The van der Waals surface area contributed by atoms with Gasteiger partial charge in [-0.2, -0.15) is 0 Å². The van der Waals surface area contributed by atoms with Crippen molar-refractivity contribution in [3.05, 3.63) is 41.4 Å². The van der Waals surface area contributed by atoms with Crippen LogP contribution in [-0.4, -0.2) is 27.0 Å². The number of nitrogens with zero attached hydrogens (tertiary/aromatic N) is 2. The van der Waals surface area contributed by atoms with E-state index in [9.17, 15) is 4.79 Å². The maximum absolute atomic E-state index is 12.3. The van der Waals surface area contributed by atoms with Crippen molar-refractivity contribution in [3.63, 3.8) is 0 Å². The third kappa shape index (κ3) is 2.17. The molecular formula is C17H19N5O. The Morgan fingerprint density at radius 1 is 1.26 bits per heavy atom. The molecule has 1 aliphatic heterocycles. The topological polar surface area (TPSA) is 73.1 Å². The predicted molar refractivity (Wildman–Crippen MR) is 86.5 cm³/mol. The van der Waals surface area contributed by atoms with Crippen LogP contribution in [0.1, 0.15) is 42.3 Å². The molecule has 1 aromatic heterocycles. The van der Waals surface area contributed by atoms with Crippen LogP contribution in [0.5, 0.6) is 0 Å². The largest absolute Gasteiger partial charge is 0.340 e. The van der Waals surface area contributed by atoms with Crippen LogP contribution in [0.15, 0.2) is 24.4 Å². The highest BCUT2D eigenvalue weighted by molar-refractivity contribution is 5.79. The summed E-state index contributed by atoms with van der Waals surface area (Å²) in [6.07, 6.45) is 9.44. The van der Waals surface area contributed by atoms with Gasteiger partial charge in [0.05, 0.1) is 11.0 Å². The van der Waals surface area contributed by atoms with Crippen LogP contribution in [-0.2, 0) is 12.8 Å². The third-order valence-electron chi connectivity index (χ3n) is 4.89.